The molecule has 0 amide bonds. The van der Waals surface area contributed by atoms with Crippen LogP contribution >= 0.6 is 11.3 Å². The van der Waals surface area contributed by atoms with Crippen LogP contribution in [0.3, 0.4) is 0 Å². The lowest BCUT2D eigenvalue weighted by molar-refractivity contribution is 1.30. The minimum atomic E-state index is 0.622. The minimum absolute atomic E-state index is 0.622. The van der Waals surface area contributed by atoms with Gasteiger partial charge in [-0.05, 0) is 12.1 Å². The average molecular weight is 204 g/mol. The van der Waals surface area contributed by atoms with E-state index in [0.717, 1.165) is 10.8 Å². The van der Waals surface area contributed by atoms with Crippen molar-refractivity contribution >= 4 is 16.5 Å². The van der Waals surface area contributed by atoms with Gasteiger partial charge in [0.05, 0.1) is 5.69 Å². The molecule has 2 N–H and O–H groups in total. The summed E-state index contributed by atoms with van der Waals surface area (Å²) in [5.74, 6) is 0. The highest BCUT2D eigenvalue weighted by Crippen LogP contribution is 2.28. The zero-order valence-corrected chi connectivity index (χ0v) is 8.35. The molecule has 0 aliphatic heterocycles. The number of aromatic nitrogens is 2. The lowest BCUT2D eigenvalue weighted by Gasteiger charge is -1.90. The van der Waals surface area contributed by atoms with Gasteiger partial charge in [0.2, 0.25) is 0 Å². The van der Waals surface area contributed by atoms with E-state index >= 15 is 0 Å². The first-order valence-corrected chi connectivity index (χ1v) is 4.89. The molecule has 0 bridgehead atoms. The van der Waals surface area contributed by atoms with Gasteiger partial charge in [-0.2, -0.15) is 5.26 Å². The van der Waals surface area contributed by atoms with E-state index < -0.39 is 0 Å². The van der Waals surface area contributed by atoms with Gasteiger partial charge in [-0.15, -0.1) is 0 Å². The normalized spacial score (nSPS) is 9.71. The Balaban J connectivity index is 2.53. The van der Waals surface area contributed by atoms with E-state index in [0.29, 0.717) is 10.6 Å². The van der Waals surface area contributed by atoms with Crippen LogP contribution in [0.1, 0.15) is 4.88 Å². The highest BCUT2D eigenvalue weighted by molar-refractivity contribution is 7.16. The topological polar surface area (TPSA) is 64.5 Å². The van der Waals surface area contributed by atoms with Crippen molar-refractivity contribution in [3.63, 3.8) is 0 Å². The monoisotopic (exact) mass is 204 g/mol. The van der Waals surface area contributed by atoms with Gasteiger partial charge in [0, 0.05) is 13.2 Å². The van der Waals surface area contributed by atoms with Gasteiger partial charge in [0.15, 0.2) is 5.13 Å². The standard InChI is InChI=1S/C9H8N4S/c1-11-9-13-8(7(5-10)14-9)6-3-2-4-12-6/h2-4,12H,1H3,(H,11,13). The van der Waals surface area contributed by atoms with Crippen molar-refractivity contribution in [3.8, 4) is 17.5 Å². The summed E-state index contributed by atoms with van der Waals surface area (Å²) >= 11 is 1.35. The molecule has 70 valence electrons. The SMILES string of the molecule is CNc1nc(-c2ccc[nH]2)c(C#N)s1. The summed E-state index contributed by atoms with van der Waals surface area (Å²) in [6, 6.07) is 5.92. The van der Waals surface area contributed by atoms with Crippen LogP contribution in [0.2, 0.25) is 0 Å². The van der Waals surface area contributed by atoms with E-state index in [-0.39, 0.29) is 0 Å². The highest BCUT2D eigenvalue weighted by atomic mass is 32.1. The van der Waals surface area contributed by atoms with Crippen molar-refractivity contribution in [2.75, 3.05) is 12.4 Å². The fourth-order valence-corrected chi connectivity index (χ4v) is 1.89. The van der Waals surface area contributed by atoms with Crippen LogP contribution in [0.5, 0.6) is 0 Å². The number of hydrogen-bond acceptors (Lipinski definition) is 4. The maximum absolute atomic E-state index is 8.90. The highest BCUT2D eigenvalue weighted by Gasteiger charge is 2.12. The number of nitrogens with one attached hydrogen (secondary N) is 2. The van der Waals surface area contributed by atoms with E-state index in [4.69, 9.17) is 5.26 Å². The average Bonchev–Trinajstić information content (AvgIpc) is 2.85. The summed E-state index contributed by atoms with van der Waals surface area (Å²) < 4.78 is 0. The van der Waals surface area contributed by atoms with Crippen LogP contribution in [0.4, 0.5) is 5.13 Å². The van der Waals surface area contributed by atoms with Crippen molar-refractivity contribution in [1.29, 1.82) is 5.26 Å². The number of H-pyrrole nitrogens is 1. The molecule has 0 atom stereocenters. The molecule has 2 aromatic heterocycles. The van der Waals surface area contributed by atoms with Gasteiger partial charge in [0.1, 0.15) is 16.6 Å². The van der Waals surface area contributed by atoms with Crippen LogP contribution in [0.15, 0.2) is 18.3 Å². The van der Waals surface area contributed by atoms with Crippen LogP contribution in [-0.4, -0.2) is 17.0 Å². The lowest BCUT2D eigenvalue weighted by Crippen LogP contribution is -1.86. The Bertz CT molecular complexity index is 463. The largest absolute Gasteiger partial charge is 0.365 e. The molecule has 2 aromatic rings. The molecule has 0 aliphatic rings. The maximum atomic E-state index is 8.90. The maximum Gasteiger partial charge on any atom is 0.184 e. The summed E-state index contributed by atoms with van der Waals surface area (Å²) in [4.78, 5) is 7.95. The zero-order chi connectivity index (χ0) is 9.97. The van der Waals surface area contributed by atoms with E-state index in [1.165, 1.54) is 11.3 Å². The van der Waals surface area contributed by atoms with Crippen molar-refractivity contribution in [2.45, 2.75) is 0 Å². The lowest BCUT2D eigenvalue weighted by atomic mass is 10.3. The Labute approximate surface area is 85.2 Å². The summed E-state index contributed by atoms with van der Waals surface area (Å²) in [7, 11) is 1.79. The summed E-state index contributed by atoms with van der Waals surface area (Å²) in [5.41, 5.74) is 1.59. The molecule has 2 heterocycles. The molecular formula is C9H8N4S. The second-order valence-corrected chi connectivity index (χ2v) is 3.64. The molecule has 0 fully saturated rings. The first-order chi connectivity index (χ1) is 6.85. The third-order valence-corrected chi connectivity index (χ3v) is 2.77. The van der Waals surface area contributed by atoms with E-state index in [9.17, 15) is 0 Å². The molecule has 0 unspecified atom stereocenters. The van der Waals surface area contributed by atoms with Crippen molar-refractivity contribution in [3.05, 3.63) is 23.2 Å². The third-order valence-electron chi connectivity index (χ3n) is 1.80. The fraction of sp³-hybridized carbons (Fsp3) is 0.111. The summed E-state index contributed by atoms with van der Waals surface area (Å²) in [6.45, 7) is 0. The van der Waals surface area contributed by atoms with Gasteiger partial charge in [-0.25, -0.2) is 4.98 Å². The predicted molar refractivity (Wildman–Crippen MR) is 56.2 cm³/mol. The number of hydrogen-bond donors (Lipinski definition) is 2. The number of nitrogens with zero attached hydrogens (tertiary/aromatic N) is 2. The Kier molecular flexibility index (Phi) is 2.21. The van der Waals surface area contributed by atoms with E-state index in [1.807, 2.05) is 18.3 Å². The van der Waals surface area contributed by atoms with Crippen molar-refractivity contribution in [2.24, 2.45) is 0 Å². The quantitative estimate of drug-likeness (QED) is 0.786. The van der Waals surface area contributed by atoms with Crippen LogP contribution in [0.25, 0.3) is 11.4 Å². The minimum Gasteiger partial charge on any atom is -0.365 e. The van der Waals surface area contributed by atoms with Crippen LogP contribution < -0.4 is 5.32 Å². The van der Waals surface area contributed by atoms with E-state index in [1.54, 1.807) is 7.05 Å². The smallest absolute Gasteiger partial charge is 0.184 e. The fourth-order valence-electron chi connectivity index (χ4n) is 1.16. The summed E-state index contributed by atoms with van der Waals surface area (Å²) in [5, 5.41) is 12.6. The second-order valence-electron chi connectivity index (χ2n) is 2.64. The molecule has 0 aliphatic carbocycles. The first kappa shape index (κ1) is 8.78. The number of thiazole rings is 1. The molecule has 0 radical (unpaired) electrons. The Morgan fingerprint density at radius 2 is 2.50 bits per heavy atom. The molecular weight excluding hydrogens is 196 g/mol. The molecule has 0 aromatic carbocycles. The number of nitriles is 1. The molecule has 2 rings (SSSR count). The molecule has 5 heteroatoms. The number of rotatable bonds is 2. The first-order valence-electron chi connectivity index (χ1n) is 4.07. The van der Waals surface area contributed by atoms with Gasteiger partial charge in [-0.3, -0.25) is 0 Å². The van der Waals surface area contributed by atoms with Gasteiger partial charge in [0.25, 0.3) is 0 Å². The molecule has 0 saturated carbocycles. The molecule has 0 saturated heterocycles. The summed E-state index contributed by atoms with van der Waals surface area (Å²) in [6.07, 6.45) is 1.81. The van der Waals surface area contributed by atoms with E-state index in [2.05, 4.69) is 21.4 Å². The molecule has 0 spiro atoms. The Morgan fingerprint density at radius 1 is 1.64 bits per heavy atom. The number of aromatic amines is 1. The van der Waals surface area contributed by atoms with Crippen molar-refractivity contribution in [1.82, 2.24) is 9.97 Å². The second kappa shape index (κ2) is 3.52. The van der Waals surface area contributed by atoms with Gasteiger partial charge >= 0.3 is 0 Å². The van der Waals surface area contributed by atoms with Gasteiger partial charge in [-0.1, -0.05) is 11.3 Å². The third kappa shape index (κ3) is 1.36. The van der Waals surface area contributed by atoms with Crippen LogP contribution in [-0.2, 0) is 0 Å². The number of anilines is 1. The van der Waals surface area contributed by atoms with Crippen LogP contribution in [0, 0.1) is 11.3 Å². The molecule has 14 heavy (non-hydrogen) atoms. The molecule has 4 nitrogen and oxygen atoms in total. The Hall–Kier alpha value is -1.80. The zero-order valence-electron chi connectivity index (χ0n) is 7.53. The Morgan fingerprint density at radius 3 is 3.07 bits per heavy atom. The van der Waals surface area contributed by atoms with Crippen molar-refractivity contribution < 1.29 is 0 Å². The van der Waals surface area contributed by atoms with Gasteiger partial charge < -0.3 is 10.3 Å². The predicted octanol–water partition coefficient (Wildman–Crippen LogP) is 2.05.